The minimum Gasteiger partial charge on any atom is -0.460 e. The van der Waals surface area contributed by atoms with E-state index in [-0.39, 0.29) is 17.5 Å². The van der Waals surface area contributed by atoms with Gasteiger partial charge in [-0.05, 0) is 27.2 Å². The quantitative estimate of drug-likeness (QED) is 0.494. The molecule has 0 spiro atoms. The Morgan fingerprint density at radius 2 is 1.80 bits per heavy atom. The standard InChI is InChI=1S/C13H26O2/c1-6-7-8-9-10-11(2)12(14)15-13(3,4)5/h11H,6-10H2,1-5H3. The van der Waals surface area contributed by atoms with Gasteiger partial charge in [0.25, 0.3) is 0 Å². The van der Waals surface area contributed by atoms with E-state index in [2.05, 4.69) is 6.92 Å². The van der Waals surface area contributed by atoms with Gasteiger partial charge in [0.2, 0.25) is 0 Å². The predicted molar refractivity (Wildman–Crippen MR) is 63.8 cm³/mol. The number of esters is 1. The van der Waals surface area contributed by atoms with Gasteiger partial charge in [-0.25, -0.2) is 0 Å². The normalized spacial score (nSPS) is 13.7. The number of hydrogen-bond donors (Lipinski definition) is 0. The molecule has 0 aromatic heterocycles. The summed E-state index contributed by atoms with van der Waals surface area (Å²) in [6.45, 7) is 9.88. The summed E-state index contributed by atoms with van der Waals surface area (Å²) in [7, 11) is 0. The minimum absolute atomic E-state index is 0.0427. The van der Waals surface area contributed by atoms with Crippen LogP contribution in [0.15, 0.2) is 0 Å². The maximum absolute atomic E-state index is 11.6. The molecule has 0 fully saturated rings. The SMILES string of the molecule is CCCCCCC(C)C(=O)OC(C)(C)C. The fraction of sp³-hybridized carbons (Fsp3) is 0.923. The molecular formula is C13H26O2. The van der Waals surface area contributed by atoms with Gasteiger partial charge < -0.3 is 4.74 Å². The van der Waals surface area contributed by atoms with Gasteiger partial charge >= 0.3 is 5.97 Å². The molecule has 0 aliphatic carbocycles. The highest BCUT2D eigenvalue weighted by molar-refractivity contribution is 5.72. The van der Waals surface area contributed by atoms with Crippen molar-refractivity contribution in [2.45, 2.75) is 72.3 Å². The van der Waals surface area contributed by atoms with Gasteiger partial charge in [0.15, 0.2) is 0 Å². The number of rotatable bonds is 6. The Hall–Kier alpha value is -0.530. The molecule has 0 aromatic carbocycles. The Morgan fingerprint density at radius 1 is 1.20 bits per heavy atom. The highest BCUT2D eigenvalue weighted by Gasteiger charge is 2.20. The van der Waals surface area contributed by atoms with Gasteiger partial charge in [-0.15, -0.1) is 0 Å². The average Bonchev–Trinajstić information content (AvgIpc) is 2.09. The summed E-state index contributed by atoms with van der Waals surface area (Å²) in [5.41, 5.74) is -0.352. The molecule has 0 N–H and O–H groups in total. The second-order valence-electron chi connectivity index (χ2n) is 5.28. The van der Waals surface area contributed by atoms with E-state index in [1.165, 1.54) is 19.3 Å². The van der Waals surface area contributed by atoms with Crippen molar-refractivity contribution in [3.05, 3.63) is 0 Å². The smallest absolute Gasteiger partial charge is 0.309 e. The van der Waals surface area contributed by atoms with Gasteiger partial charge in [0.1, 0.15) is 5.60 Å². The molecule has 0 aliphatic rings. The second kappa shape index (κ2) is 6.86. The fourth-order valence-corrected chi connectivity index (χ4v) is 1.40. The molecule has 0 saturated carbocycles. The first-order valence-electron chi connectivity index (χ1n) is 6.09. The monoisotopic (exact) mass is 214 g/mol. The Morgan fingerprint density at radius 3 is 2.27 bits per heavy atom. The van der Waals surface area contributed by atoms with E-state index in [0.29, 0.717) is 0 Å². The van der Waals surface area contributed by atoms with Crippen molar-refractivity contribution >= 4 is 5.97 Å². The minimum atomic E-state index is -0.352. The molecule has 0 aromatic rings. The van der Waals surface area contributed by atoms with E-state index in [9.17, 15) is 4.79 Å². The van der Waals surface area contributed by atoms with Crippen molar-refractivity contribution in [1.82, 2.24) is 0 Å². The maximum atomic E-state index is 11.6. The van der Waals surface area contributed by atoms with E-state index < -0.39 is 0 Å². The summed E-state index contributed by atoms with van der Waals surface area (Å²) in [6.07, 6.45) is 5.81. The number of unbranched alkanes of at least 4 members (excludes halogenated alkanes) is 3. The first-order chi connectivity index (χ1) is 6.87. The molecule has 0 aliphatic heterocycles. The third-order valence-corrected chi connectivity index (χ3v) is 2.30. The van der Waals surface area contributed by atoms with Crippen LogP contribution in [0.2, 0.25) is 0 Å². The lowest BCUT2D eigenvalue weighted by atomic mass is 10.0. The van der Waals surface area contributed by atoms with E-state index in [1.807, 2.05) is 27.7 Å². The number of carbonyl (C=O) groups is 1. The summed E-state index contributed by atoms with van der Waals surface area (Å²) < 4.78 is 5.32. The molecular weight excluding hydrogens is 188 g/mol. The molecule has 0 saturated heterocycles. The third-order valence-electron chi connectivity index (χ3n) is 2.30. The number of carbonyl (C=O) groups excluding carboxylic acids is 1. The molecule has 2 nitrogen and oxygen atoms in total. The van der Waals surface area contributed by atoms with Gasteiger partial charge in [-0.3, -0.25) is 4.79 Å². The lowest BCUT2D eigenvalue weighted by Gasteiger charge is -2.22. The number of ether oxygens (including phenoxy) is 1. The van der Waals surface area contributed by atoms with Gasteiger partial charge in [-0.1, -0.05) is 39.5 Å². The largest absolute Gasteiger partial charge is 0.460 e. The molecule has 0 amide bonds. The second-order valence-corrected chi connectivity index (χ2v) is 5.28. The van der Waals surface area contributed by atoms with Crippen LogP contribution in [0.3, 0.4) is 0 Å². The molecule has 1 atom stereocenters. The molecule has 0 radical (unpaired) electrons. The van der Waals surface area contributed by atoms with Crippen LogP contribution in [0.4, 0.5) is 0 Å². The van der Waals surface area contributed by atoms with Gasteiger partial charge in [0.05, 0.1) is 5.92 Å². The van der Waals surface area contributed by atoms with Crippen molar-refractivity contribution in [1.29, 1.82) is 0 Å². The zero-order valence-electron chi connectivity index (χ0n) is 10.9. The topological polar surface area (TPSA) is 26.3 Å². The third kappa shape index (κ3) is 8.46. The van der Waals surface area contributed by atoms with Crippen LogP contribution in [0.25, 0.3) is 0 Å². The molecule has 0 bridgehead atoms. The van der Waals surface area contributed by atoms with Crippen LogP contribution in [-0.4, -0.2) is 11.6 Å². The predicted octanol–water partition coefficient (Wildman–Crippen LogP) is 3.93. The highest BCUT2D eigenvalue weighted by atomic mass is 16.6. The highest BCUT2D eigenvalue weighted by Crippen LogP contribution is 2.16. The molecule has 1 unspecified atom stereocenters. The maximum Gasteiger partial charge on any atom is 0.309 e. The van der Waals surface area contributed by atoms with Crippen molar-refractivity contribution in [3.63, 3.8) is 0 Å². The first kappa shape index (κ1) is 14.5. The molecule has 0 heterocycles. The lowest BCUT2D eigenvalue weighted by molar-refractivity contribution is -0.159. The van der Waals surface area contributed by atoms with Crippen LogP contribution < -0.4 is 0 Å². The van der Waals surface area contributed by atoms with Crippen molar-refractivity contribution in [2.75, 3.05) is 0 Å². The average molecular weight is 214 g/mol. The van der Waals surface area contributed by atoms with Crippen LogP contribution in [0, 0.1) is 5.92 Å². The Bertz CT molecular complexity index is 179. The lowest BCUT2D eigenvalue weighted by Crippen LogP contribution is -2.27. The molecule has 2 heteroatoms. The summed E-state index contributed by atoms with van der Waals surface area (Å²) in [4.78, 5) is 11.6. The van der Waals surface area contributed by atoms with Crippen LogP contribution in [-0.2, 0) is 9.53 Å². The van der Waals surface area contributed by atoms with E-state index >= 15 is 0 Å². The summed E-state index contributed by atoms with van der Waals surface area (Å²) in [5, 5.41) is 0. The zero-order chi connectivity index (χ0) is 11.9. The molecule has 90 valence electrons. The van der Waals surface area contributed by atoms with Crippen LogP contribution in [0.5, 0.6) is 0 Å². The van der Waals surface area contributed by atoms with E-state index in [4.69, 9.17) is 4.74 Å². The van der Waals surface area contributed by atoms with Crippen molar-refractivity contribution in [2.24, 2.45) is 5.92 Å². The number of hydrogen-bond acceptors (Lipinski definition) is 2. The first-order valence-corrected chi connectivity index (χ1v) is 6.09. The molecule has 15 heavy (non-hydrogen) atoms. The Kier molecular flexibility index (Phi) is 6.62. The summed E-state index contributed by atoms with van der Waals surface area (Å²) in [5.74, 6) is -0.0138. The van der Waals surface area contributed by atoms with Gasteiger partial charge in [0, 0.05) is 0 Å². The summed E-state index contributed by atoms with van der Waals surface area (Å²) in [6, 6.07) is 0. The van der Waals surface area contributed by atoms with Gasteiger partial charge in [-0.2, -0.15) is 0 Å². The Balaban J connectivity index is 3.70. The van der Waals surface area contributed by atoms with Crippen LogP contribution in [0.1, 0.15) is 66.7 Å². The fourth-order valence-electron chi connectivity index (χ4n) is 1.40. The van der Waals surface area contributed by atoms with Crippen molar-refractivity contribution in [3.8, 4) is 0 Å². The Labute approximate surface area is 94.4 Å². The summed E-state index contributed by atoms with van der Waals surface area (Å²) >= 11 is 0. The van der Waals surface area contributed by atoms with E-state index in [0.717, 1.165) is 12.8 Å². The van der Waals surface area contributed by atoms with Crippen molar-refractivity contribution < 1.29 is 9.53 Å². The molecule has 0 rings (SSSR count). The van der Waals surface area contributed by atoms with Crippen LogP contribution >= 0.6 is 0 Å². The van der Waals surface area contributed by atoms with E-state index in [1.54, 1.807) is 0 Å². The zero-order valence-corrected chi connectivity index (χ0v) is 10.9.